The average molecular weight is 503 g/mol. The summed E-state index contributed by atoms with van der Waals surface area (Å²) in [5.41, 5.74) is 1.04. The zero-order chi connectivity index (χ0) is 17.8. The highest BCUT2D eigenvalue weighted by Gasteiger charge is 2.52. The summed E-state index contributed by atoms with van der Waals surface area (Å²) in [6.07, 6.45) is 3.62. The largest absolute Gasteiger partial charge is 1.00 e. The van der Waals surface area contributed by atoms with Crippen molar-refractivity contribution in [3.8, 4) is 0 Å². The van der Waals surface area contributed by atoms with E-state index in [2.05, 4.69) is 91.0 Å². The minimum Gasteiger partial charge on any atom is -1.00 e. The van der Waals surface area contributed by atoms with E-state index < -0.39 is 7.26 Å². The molecule has 3 aromatic carbocycles. The minimum absolute atomic E-state index is 0. The van der Waals surface area contributed by atoms with Crippen molar-refractivity contribution in [2.24, 2.45) is 0 Å². The van der Waals surface area contributed by atoms with Crippen LogP contribution in [0.25, 0.3) is 0 Å². The van der Waals surface area contributed by atoms with Crippen LogP contribution in [0.1, 0.15) is 0 Å². The van der Waals surface area contributed by atoms with Gasteiger partial charge in [-0.25, -0.2) is 0 Å². The van der Waals surface area contributed by atoms with Crippen LogP contribution in [-0.4, -0.2) is 11.2 Å². The lowest BCUT2D eigenvalue weighted by molar-refractivity contribution is -0.00000545. The van der Waals surface area contributed by atoms with E-state index in [1.807, 2.05) is 6.26 Å². The molecular weight excluding hydrogens is 484 g/mol. The summed E-state index contributed by atoms with van der Waals surface area (Å²) in [7, 11) is -2.14. The predicted molar refractivity (Wildman–Crippen MR) is 113 cm³/mol. The molecule has 0 radical (unpaired) electrons. The van der Waals surface area contributed by atoms with Gasteiger partial charge in [-0.3, -0.25) is 0 Å². The van der Waals surface area contributed by atoms with E-state index >= 15 is 0 Å². The molecule has 0 saturated heterocycles. The molecule has 5 heteroatoms. The summed E-state index contributed by atoms with van der Waals surface area (Å²) in [5, 5.41) is 4.72. The van der Waals surface area contributed by atoms with Gasteiger partial charge in [0.2, 0.25) is 5.09 Å². The third-order valence-corrected chi connectivity index (χ3v) is 9.43. The van der Waals surface area contributed by atoms with Gasteiger partial charge in [0.25, 0.3) is 5.44 Å². The number of halogens is 1. The molecule has 0 aliphatic heterocycles. The number of thioether (sulfide) groups is 1. The molecule has 0 fully saturated rings. The number of rotatable bonds is 5. The van der Waals surface area contributed by atoms with Crippen LogP contribution in [0.4, 0.5) is 0 Å². The molecule has 1 heterocycles. The first-order chi connectivity index (χ1) is 12.9. The average Bonchev–Trinajstić information content (AvgIpc) is 3.20. The van der Waals surface area contributed by atoms with Gasteiger partial charge >= 0.3 is 0 Å². The Balaban J connectivity index is 0.00000210. The molecule has 0 amide bonds. The first kappa shape index (κ1) is 20.1. The predicted octanol–water partition coefficient (Wildman–Crippen LogP) is 1.02. The number of hydrogen-bond acceptors (Lipinski definition) is 3. The molecule has 0 N–H and O–H groups in total. The van der Waals surface area contributed by atoms with Gasteiger partial charge in [-0.1, -0.05) is 66.4 Å². The van der Waals surface area contributed by atoms with E-state index in [9.17, 15) is 0 Å². The van der Waals surface area contributed by atoms with E-state index in [-0.39, 0.29) is 24.0 Å². The van der Waals surface area contributed by atoms with E-state index in [0.717, 1.165) is 10.5 Å². The number of hydrogen-bond donors (Lipinski definition) is 0. The Morgan fingerprint density at radius 3 is 1.48 bits per heavy atom. The monoisotopic (exact) mass is 503 g/mol. The summed E-state index contributed by atoms with van der Waals surface area (Å²) < 4.78 is 5.76. The van der Waals surface area contributed by atoms with Crippen LogP contribution in [0.3, 0.4) is 0 Å². The highest BCUT2D eigenvalue weighted by molar-refractivity contribution is 8.04. The van der Waals surface area contributed by atoms with Crippen molar-refractivity contribution in [2.75, 3.05) is 6.26 Å². The molecule has 1 aromatic heterocycles. The highest BCUT2D eigenvalue weighted by Crippen LogP contribution is 2.55. The fourth-order valence-corrected chi connectivity index (χ4v) is 8.45. The van der Waals surface area contributed by atoms with Crippen LogP contribution in [0.2, 0.25) is 0 Å². The van der Waals surface area contributed by atoms with E-state index in [4.69, 9.17) is 9.40 Å². The quantitative estimate of drug-likeness (QED) is 0.231. The maximum atomic E-state index is 5.76. The van der Waals surface area contributed by atoms with Crippen LogP contribution < -0.4 is 45.3 Å². The zero-order valence-electron chi connectivity index (χ0n) is 14.8. The number of aromatic nitrogens is 1. The van der Waals surface area contributed by atoms with Gasteiger partial charge in [0.1, 0.15) is 15.9 Å². The Morgan fingerprint density at radius 2 is 1.11 bits per heavy atom. The van der Waals surface area contributed by atoms with Crippen molar-refractivity contribution in [3.05, 3.63) is 97.4 Å². The third-order valence-electron chi connectivity index (χ3n) is 4.45. The maximum Gasteiger partial charge on any atom is 0.250 e. The SMILES string of the molecule is CSc1ocnc1[P+](c1ccccc1)(c1ccccc1)c1ccccc1.[I-]. The van der Waals surface area contributed by atoms with Gasteiger partial charge in [0.15, 0.2) is 13.7 Å². The van der Waals surface area contributed by atoms with Gasteiger partial charge in [-0.2, -0.15) is 4.98 Å². The van der Waals surface area contributed by atoms with Gasteiger partial charge in [-0.05, 0) is 42.7 Å². The number of oxazole rings is 1. The van der Waals surface area contributed by atoms with Gasteiger partial charge in [-0.15, -0.1) is 0 Å². The molecule has 0 unspecified atom stereocenters. The highest BCUT2D eigenvalue weighted by atomic mass is 127. The molecule has 136 valence electrons. The number of nitrogens with zero attached hydrogens (tertiary/aromatic N) is 1. The van der Waals surface area contributed by atoms with Crippen molar-refractivity contribution in [1.82, 2.24) is 4.98 Å². The van der Waals surface area contributed by atoms with E-state index in [0.29, 0.717) is 0 Å². The first-order valence-electron chi connectivity index (χ1n) is 8.41. The summed E-state index contributed by atoms with van der Waals surface area (Å²) >= 11 is 1.61. The second-order valence-electron chi connectivity index (χ2n) is 5.85. The molecule has 0 spiro atoms. The molecule has 4 aromatic rings. The lowest BCUT2D eigenvalue weighted by Crippen LogP contribution is -3.00. The Kier molecular flexibility index (Phi) is 6.74. The van der Waals surface area contributed by atoms with Crippen LogP contribution in [-0.2, 0) is 0 Å². The van der Waals surface area contributed by atoms with Gasteiger partial charge < -0.3 is 28.4 Å². The Morgan fingerprint density at radius 1 is 0.704 bits per heavy atom. The van der Waals surface area contributed by atoms with Crippen molar-refractivity contribution in [2.45, 2.75) is 5.09 Å². The first-order valence-corrected chi connectivity index (χ1v) is 11.4. The van der Waals surface area contributed by atoms with E-state index in [1.54, 1.807) is 18.2 Å². The Hall–Kier alpha value is -1.62. The molecule has 0 atom stereocenters. The van der Waals surface area contributed by atoms with Crippen LogP contribution in [0.15, 0.2) is 107 Å². The molecule has 2 nitrogen and oxygen atoms in total. The Labute approximate surface area is 181 Å². The van der Waals surface area contributed by atoms with Crippen LogP contribution >= 0.6 is 19.0 Å². The fourth-order valence-electron chi connectivity index (χ4n) is 3.36. The van der Waals surface area contributed by atoms with Gasteiger partial charge in [0, 0.05) is 0 Å². The summed E-state index contributed by atoms with van der Waals surface area (Å²) in [6, 6.07) is 32.1. The minimum atomic E-state index is -2.14. The smallest absolute Gasteiger partial charge is 0.250 e. The normalized spacial score (nSPS) is 11.0. The second kappa shape index (κ2) is 9.05. The van der Waals surface area contributed by atoms with Crippen molar-refractivity contribution in [1.29, 1.82) is 0 Å². The number of benzene rings is 3. The summed E-state index contributed by atoms with van der Waals surface area (Å²) in [5.74, 6) is 0. The molecule has 27 heavy (non-hydrogen) atoms. The molecular formula is C22H19INOPS. The standard InChI is InChI=1S/C22H19NOPS.HI/c1-26-22-21(23-17-24-22)25(18-11-5-2-6-12-18,19-13-7-3-8-14-19)20-15-9-4-10-16-20;/h2-17H,1H3;1H/q+1;/p-1. The van der Waals surface area contributed by atoms with Crippen molar-refractivity contribution in [3.63, 3.8) is 0 Å². The van der Waals surface area contributed by atoms with Crippen molar-refractivity contribution < 1.29 is 28.4 Å². The maximum absolute atomic E-state index is 5.76. The van der Waals surface area contributed by atoms with Crippen molar-refractivity contribution >= 4 is 40.4 Å². The lowest BCUT2D eigenvalue weighted by atomic mass is 10.4. The second-order valence-corrected chi connectivity index (χ2v) is 9.94. The molecule has 0 aliphatic rings. The zero-order valence-corrected chi connectivity index (χ0v) is 18.7. The van der Waals surface area contributed by atoms with Gasteiger partial charge in [0.05, 0.1) is 0 Å². The molecule has 0 saturated carbocycles. The summed E-state index contributed by atoms with van der Waals surface area (Å²) in [6.45, 7) is 0. The van der Waals surface area contributed by atoms with Crippen LogP contribution in [0, 0.1) is 0 Å². The lowest BCUT2D eigenvalue weighted by Gasteiger charge is -2.25. The third kappa shape index (κ3) is 3.58. The summed E-state index contributed by atoms with van der Waals surface area (Å²) in [4.78, 5) is 4.75. The topological polar surface area (TPSA) is 26.0 Å². The molecule has 0 bridgehead atoms. The fraction of sp³-hybridized carbons (Fsp3) is 0.0455. The van der Waals surface area contributed by atoms with E-state index in [1.165, 1.54) is 15.9 Å². The Bertz CT molecular complexity index is 880. The molecule has 0 aliphatic carbocycles. The molecule has 4 rings (SSSR count). The van der Waals surface area contributed by atoms with Crippen LogP contribution in [0.5, 0.6) is 0 Å².